The van der Waals surface area contributed by atoms with Gasteiger partial charge in [0.05, 0.1) is 5.56 Å². The molecular formula is C24H28F2N4O5. The van der Waals surface area contributed by atoms with E-state index in [0.717, 1.165) is 0 Å². The molecule has 0 spiro atoms. The number of aromatic hydroxyl groups is 1. The lowest BCUT2D eigenvalue weighted by Gasteiger charge is -2.23. The highest BCUT2D eigenvalue weighted by Crippen LogP contribution is 2.36. The second-order valence-electron chi connectivity index (χ2n) is 8.32. The molecular weight excluding hydrogens is 462 g/mol. The first-order chi connectivity index (χ1) is 16.6. The van der Waals surface area contributed by atoms with Gasteiger partial charge in [0.25, 0.3) is 11.8 Å². The van der Waals surface area contributed by atoms with E-state index in [0.29, 0.717) is 30.6 Å². The van der Waals surface area contributed by atoms with Crippen LogP contribution in [0.3, 0.4) is 0 Å². The molecule has 3 amide bonds. The summed E-state index contributed by atoms with van der Waals surface area (Å²) in [4.78, 5) is 44.2. The van der Waals surface area contributed by atoms with Crippen LogP contribution in [0, 0.1) is 0 Å². The molecule has 188 valence electrons. The number of halogens is 2. The highest BCUT2D eigenvalue weighted by Gasteiger charge is 2.35. The van der Waals surface area contributed by atoms with Crippen LogP contribution in [-0.2, 0) is 4.79 Å². The molecule has 1 aromatic heterocycles. The number of nitrogens with one attached hydrogen (secondary N) is 1. The van der Waals surface area contributed by atoms with E-state index in [1.165, 1.54) is 42.3 Å². The molecule has 1 aliphatic rings. The van der Waals surface area contributed by atoms with Gasteiger partial charge in [0, 0.05) is 51.8 Å². The van der Waals surface area contributed by atoms with Crippen LogP contribution in [0.5, 0.6) is 11.5 Å². The summed E-state index contributed by atoms with van der Waals surface area (Å²) in [6.07, 6.45) is 1.85. The average Bonchev–Trinajstić information content (AvgIpc) is 3.27. The smallest absolute Gasteiger partial charge is 0.387 e. The van der Waals surface area contributed by atoms with Crippen LogP contribution in [0.25, 0.3) is 0 Å². The lowest BCUT2D eigenvalue weighted by atomic mass is 9.96. The van der Waals surface area contributed by atoms with Gasteiger partial charge >= 0.3 is 6.61 Å². The third-order valence-electron chi connectivity index (χ3n) is 6.05. The second kappa shape index (κ2) is 11.1. The van der Waals surface area contributed by atoms with Crippen LogP contribution in [0.2, 0.25) is 0 Å². The average molecular weight is 491 g/mol. The molecule has 0 saturated carbocycles. The summed E-state index contributed by atoms with van der Waals surface area (Å²) in [5, 5.41) is 12.8. The third-order valence-corrected chi connectivity index (χ3v) is 6.05. The summed E-state index contributed by atoms with van der Waals surface area (Å²) in [7, 11) is 1.67. The third kappa shape index (κ3) is 6.23. The van der Waals surface area contributed by atoms with E-state index in [9.17, 15) is 28.3 Å². The Morgan fingerprint density at radius 2 is 2.03 bits per heavy atom. The van der Waals surface area contributed by atoms with Crippen molar-refractivity contribution in [3.8, 4) is 11.5 Å². The minimum Gasteiger partial charge on any atom is -0.504 e. The lowest BCUT2D eigenvalue weighted by molar-refractivity contribution is -0.129. The number of amides is 3. The van der Waals surface area contributed by atoms with Crippen molar-refractivity contribution >= 4 is 17.7 Å². The number of pyridine rings is 1. The van der Waals surface area contributed by atoms with E-state index in [4.69, 9.17) is 0 Å². The number of aromatic nitrogens is 1. The minimum absolute atomic E-state index is 0.143. The number of likely N-dealkylation sites (tertiary alicyclic amines) is 1. The Labute approximate surface area is 201 Å². The molecule has 2 atom stereocenters. The Bertz CT molecular complexity index is 1080. The van der Waals surface area contributed by atoms with Crippen molar-refractivity contribution in [2.24, 2.45) is 0 Å². The monoisotopic (exact) mass is 490 g/mol. The van der Waals surface area contributed by atoms with Crippen molar-refractivity contribution in [2.45, 2.75) is 38.8 Å². The Morgan fingerprint density at radius 1 is 1.29 bits per heavy atom. The molecule has 0 aliphatic carbocycles. The highest BCUT2D eigenvalue weighted by atomic mass is 19.3. The van der Waals surface area contributed by atoms with E-state index >= 15 is 0 Å². The largest absolute Gasteiger partial charge is 0.504 e. The molecule has 2 aromatic rings. The highest BCUT2D eigenvalue weighted by molar-refractivity contribution is 5.96. The first-order valence-corrected chi connectivity index (χ1v) is 11.1. The summed E-state index contributed by atoms with van der Waals surface area (Å²) in [5.74, 6) is -1.70. The molecule has 1 fully saturated rings. The predicted octanol–water partition coefficient (Wildman–Crippen LogP) is 2.61. The Kier molecular flexibility index (Phi) is 8.21. The van der Waals surface area contributed by atoms with Gasteiger partial charge in [-0.1, -0.05) is 6.07 Å². The number of alkyl halides is 2. The molecule has 2 heterocycles. The number of ether oxygens (including phenoxy) is 1. The van der Waals surface area contributed by atoms with Crippen LogP contribution in [-0.4, -0.2) is 76.9 Å². The molecule has 11 heteroatoms. The number of hydrogen-bond acceptors (Lipinski definition) is 6. The van der Waals surface area contributed by atoms with Gasteiger partial charge < -0.3 is 25.0 Å². The van der Waals surface area contributed by atoms with Gasteiger partial charge in [0.15, 0.2) is 11.5 Å². The Morgan fingerprint density at radius 3 is 2.60 bits per heavy atom. The van der Waals surface area contributed by atoms with Crippen molar-refractivity contribution in [1.82, 2.24) is 20.1 Å². The van der Waals surface area contributed by atoms with E-state index in [1.54, 1.807) is 18.0 Å². The number of phenols is 1. The number of hydrogen-bond donors (Lipinski definition) is 2. The number of phenolic OH excluding ortho intramolecular Hbond substituents is 1. The Balaban J connectivity index is 1.64. The molecule has 1 aromatic carbocycles. The molecule has 0 bridgehead atoms. The van der Waals surface area contributed by atoms with Gasteiger partial charge in [-0.15, -0.1) is 0 Å². The normalized spacial score (nSPS) is 17.4. The van der Waals surface area contributed by atoms with E-state index in [2.05, 4.69) is 15.0 Å². The molecule has 9 nitrogen and oxygen atoms in total. The summed E-state index contributed by atoms with van der Waals surface area (Å²) < 4.78 is 29.1. The topological polar surface area (TPSA) is 112 Å². The van der Waals surface area contributed by atoms with Crippen LogP contribution in [0.1, 0.15) is 52.6 Å². The van der Waals surface area contributed by atoms with Gasteiger partial charge in [0.1, 0.15) is 5.69 Å². The molecule has 1 aliphatic heterocycles. The summed E-state index contributed by atoms with van der Waals surface area (Å²) in [6.45, 7) is 1.30. The first kappa shape index (κ1) is 25.9. The Hall–Kier alpha value is -3.76. The molecule has 35 heavy (non-hydrogen) atoms. The maximum absolute atomic E-state index is 12.6. The fourth-order valence-corrected chi connectivity index (χ4v) is 4.04. The quantitative estimate of drug-likeness (QED) is 0.589. The number of nitrogens with zero attached hydrogens (tertiary/aromatic N) is 3. The van der Waals surface area contributed by atoms with Crippen LogP contribution >= 0.6 is 0 Å². The molecule has 3 rings (SSSR count). The molecule has 0 radical (unpaired) electrons. The zero-order valence-corrected chi connectivity index (χ0v) is 19.7. The zero-order chi connectivity index (χ0) is 25.7. The van der Waals surface area contributed by atoms with Crippen molar-refractivity contribution < 1.29 is 33.0 Å². The van der Waals surface area contributed by atoms with Crippen molar-refractivity contribution in [2.75, 3.05) is 26.7 Å². The fraction of sp³-hybridized carbons (Fsp3) is 0.417. The van der Waals surface area contributed by atoms with Gasteiger partial charge in [0.2, 0.25) is 5.91 Å². The van der Waals surface area contributed by atoms with Crippen LogP contribution in [0.4, 0.5) is 8.78 Å². The zero-order valence-electron chi connectivity index (χ0n) is 19.7. The van der Waals surface area contributed by atoms with Gasteiger partial charge in [-0.25, -0.2) is 0 Å². The fourth-order valence-electron chi connectivity index (χ4n) is 4.04. The van der Waals surface area contributed by atoms with Crippen molar-refractivity contribution in [3.63, 3.8) is 0 Å². The lowest BCUT2D eigenvalue weighted by Crippen LogP contribution is -2.42. The van der Waals surface area contributed by atoms with E-state index in [-0.39, 0.29) is 41.8 Å². The minimum atomic E-state index is -3.05. The van der Waals surface area contributed by atoms with E-state index in [1.807, 2.05) is 6.92 Å². The number of carbonyl (C=O) groups excluding carboxylic acids is 3. The number of benzene rings is 1. The van der Waals surface area contributed by atoms with E-state index < -0.39 is 18.3 Å². The maximum atomic E-state index is 12.6. The molecule has 0 unspecified atom stereocenters. The SMILES string of the molecule is CCN(C)C(=O)c1ccc(C(=O)NC[C@H]2C[C@@H](c3ccc(OC(F)F)c(O)c3)CN2C(C)=O)nc1. The summed E-state index contributed by atoms with van der Waals surface area (Å²) in [5.41, 5.74) is 1.19. The standard InChI is InChI=1S/C24H28F2N4O5/c1-4-29(3)23(34)16-5-7-19(27-11-16)22(33)28-12-18-9-17(13-30(18)14(2)31)15-6-8-21(20(32)10-15)35-24(25)26/h5-8,10-11,17-18,24,32H,4,9,12-13H2,1-3H3,(H,28,33)/t17-,18-/m1/s1. The van der Waals surface area contributed by atoms with Crippen molar-refractivity contribution in [1.29, 1.82) is 0 Å². The van der Waals surface area contributed by atoms with Gasteiger partial charge in [-0.2, -0.15) is 8.78 Å². The first-order valence-electron chi connectivity index (χ1n) is 11.1. The number of carbonyl (C=O) groups is 3. The molecule has 1 saturated heterocycles. The van der Waals surface area contributed by atoms with Crippen LogP contribution in [0.15, 0.2) is 36.5 Å². The van der Waals surface area contributed by atoms with Crippen LogP contribution < -0.4 is 10.1 Å². The maximum Gasteiger partial charge on any atom is 0.387 e. The summed E-state index contributed by atoms with van der Waals surface area (Å²) >= 11 is 0. The van der Waals surface area contributed by atoms with Gasteiger partial charge in [-0.05, 0) is 43.2 Å². The summed E-state index contributed by atoms with van der Waals surface area (Å²) in [6, 6.07) is 6.90. The number of rotatable bonds is 8. The predicted molar refractivity (Wildman–Crippen MR) is 122 cm³/mol. The van der Waals surface area contributed by atoms with Gasteiger partial charge in [-0.3, -0.25) is 19.4 Å². The molecule has 2 N–H and O–H groups in total. The van der Waals surface area contributed by atoms with Crippen molar-refractivity contribution in [3.05, 3.63) is 53.3 Å². The second-order valence-corrected chi connectivity index (χ2v) is 8.32.